The summed E-state index contributed by atoms with van der Waals surface area (Å²) in [5, 5.41) is 5.50. The van der Waals surface area contributed by atoms with Crippen LogP contribution in [0.25, 0.3) is 0 Å². The van der Waals surface area contributed by atoms with E-state index in [1.165, 1.54) is 4.31 Å². The Hall–Kier alpha value is -1.12. The van der Waals surface area contributed by atoms with Crippen LogP contribution < -0.4 is 0 Å². The van der Waals surface area contributed by atoms with Gasteiger partial charge >= 0.3 is 0 Å². The van der Waals surface area contributed by atoms with Crippen LogP contribution in [0, 0.1) is 6.92 Å². The molecule has 1 aliphatic heterocycles. The molecule has 0 unspecified atom stereocenters. The second-order valence-corrected chi connectivity index (χ2v) is 9.10. The van der Waals surface area contributed by atoms with Crippen molar-refractivity contribution < 1.29 is 8.42 Å². The molecule has 6 nitrogen and oxygen atoms in total. The van der Waals surface area contributed by atoms with Crippen molar-refractivity contribution in [2.24, 2.45) is 0 Å². The third-order valence-corrected chi connectivity index (χ3v) is 7.17. The van der Waals surface area contributed by atoms with Crippen molar-refractivity contribution in [3.8, 4) is 0 Å². The predicted octanol–water partition coefficient (Wildman–Crippen LogP) is 3.02. The summed E-state index contributed by atoms with van der Waals surface area (Å²) in [4.78, 5) is 2.50. The Morgan fingerprint density at radius 3 is 2.42 bits per heavy atom. The van der Waals surface area contributed by atoms with E-state index < -0.39 is 10.0 Å². The maximum atomic E-state index is 12.9. The molecule has 0 saturated carbocycles. The van der Waals surface area contributed by atoms with Gasteiger partial charge in [-0.3, -0.25) is 9.58 Å². The molecule has 9 heteroatoms. The molecule has 1 fully saturated rings. The van der Waals surface area contributed by atoms with E-state index in [4.69, 9.17) is 23.2 Å². The average Bonchev–Trinajstić information content (AvgIpc) is 3.00. The number of rotatable bonds is 5. The summed E-state index contributed by atoms with van der Waals surface area (Å²) in [7, 11) is -3.51. The first-order valence-corrected chi connectivity index (χ1v) is 10.7. The Bertz CT molecular complexity index is 890. The third kappa shape index (κ3) is 4.07. The van der Waals surface area contributed by atoms with E-state index in [9.17, 15) is 8.42 Å². The Morgan fingerprint density at radius 1 is 1.15 bits per heavy atom. The number of halogens is 2. The molecule has 2 aromatic rings. The van der Waals surface area contributed by atoms with Gasteiger partial charge in [0.25, 0.3) is 0 Å². The van der Waals surface area contributed by atoms with Crippen LogP contribution in [0.15, 0.2) is 29.3 Å². The fourth-order valence-corrected chi connectivity index (χ4v) is 5.13. The van der Waals surface area contributed by atoms with E-state index in [-0.39, 0.29) is 0 Å². The topological polar surface area (TPSA) is 58.4 Å². The molecule has 0 aliphatic carbocycles. The Balaban J connectivity index is 1.66. The van der Waals surface area contributed by atoms with Crippen LogP contribution >= 0.6 is 23.2 Å². The summed E-state index contributed by atoms with van der Waals surface area (Å²) in [6.45, 7) is 7.19. The molecule has 0 N–H and O–H groups in total. The average molecular weight is 417 g/mol. The fraction of sp³-hybridized carbons (Fsp3) is 0.471. The summed E-state index contributed by atoms with van der Waals surface area (Å²) < 4.78 is 29.0. The molecular weight excluding hydrogens is 395 g/mol. The minimum absolute atomic E-state index is 0.300. The quantitative estimate of drug-likeness (QED) is 0.751. The van der Waals surface area contributed by atoms with Gasteiger partial charge in [-0.05, 0) is 31.5 Å². The summed E-state index contributed by atoms with van der Waals surface area (Å²) in [5.74, 6) is 0. The lowest BCUT2D eigenvalue weighted by atomic mass is 10.2. The van der Waals surface area contributed by atoms with Gasteiger partial charge in [-0.25, -0.2) is 8.42 Å². The first kappa shape index (κ1) is 19.6. The standard InChI is InChI=1S/C17H22Cl2N4O2S/c1-3-22-12-17(13(2)20-22)26(24,25)23-8-6-21(7-9-23)11-14-4-5-15(18)10-16(14)19/h4-5,10,12H,3,6-9,11H2,1-2H3. The summed E-state index contributed by atoms with van der Waals surface area (Å²) in [6.07, 6.45) is 1.62. The number of aromatic nitrogens is 2. The van der Waals surface area contributed by atoms with Crippen molar-refractivity contribution in [1.29, 1.82) is 0 Å². The van der Waals surface area contributed by atoms with Crippen molar-refractivity contribution in [3.05, 3.63) is 45.7 Å². The van der Waals surface area contributed by atoms with Gasteiger partial charge in [0.15, 0.2) is 0 Å². The summed E-state index contributed by atoms with van der Waals surface area (Å²) in [5.41, 5.74) is 1.54. The molecule has 0 bridgehead atoms. The van der Waals surface area contributed by atoms with Crippen molar-refractivity contribution in [2.75, 3.05) is 26.2 Å². The highest BCUT2D eigenvalue weighted by atomic mass is 35.5. The summed E-state index contributed by atoms with van der Waals surface area (Å²) >= 11 is 12.2. The van der Waals surface area contributed by atoms with Crippen molar-refractivity contribution in [3.63, 3.8) is 0 Å². The number of nitrogens with zero attached hydrogens (tertiary/aromatic N) is 4. The zero-order valence-corrected chi connectivity index (χ0v) is 17.1. The molecule has 1 aliphatic rings. The molecule has 26 heavy (non-hydrogen) atoms. The van der Waals surface area contributed by atoms with Crippen LogP contribution in [0.5, 0.6) is 0 Å². The van der Waals surface area contributed by atoms with Gasteiger partial charge in [-0.1, -0.05) is 29.3 Å². The molecule has 142 valence electrons. The number of benzene rings is 1. The van der Waals surface area contributed by atoms with Crippen molar-refractivity contribution in [1.82, 2.24) is 19.0 Å². The zero-order valence-electron chi connectivity index (χ0n) is 14.8. The Morgan fingerprint density at radius 2 is 1.85 bits per heavy atom. The second-order valence-electron chi connectivity index (χ2n) is 6.35. The second kappa shape index (κ2) is 7.86. The molecule has 0 amide bonds. The van der Waals surface area contributed by atoms with Gasteiger partial charge in [-0.15, -0.1) is 0 Å². The van der Waals surface area contributed by atoms with Crippen LogP contribution in [0.2, 0.25) is 10.0 Å². The zero-order chi connectivity index (χ0) is 18.9. The highest BCUT2D eigenvalue weighted by molar-refractivity contribution is 7.89. The number of hydrogen-bond acceptors (Lipinski definition) is 4. The van der Waals surface area contributed by atoms with Crippen molar-refractivity contribution >= 4 is 33.2 Å². The van der Waals surface area contributed by atoms with E-state index in [0.29, 0.717) is 59.9 Å². The molecule has 3 rings (SSSR count). The van der Waals surface area contributed by atoms with Gasteiger partial charge in [0.2, 0.25) is 10.0 Å². The minimum atomic E-state index is -3.51. The Kier molecular flexibility index (Phi) is 5.94. The maximum Gasteiger partial charge on any atom is 0.246 e. The van der Waals surface area contributed by atoms with E-state index in [1.54, 1.807) is 23.9 Å². The normalized spacial score (nSPS) is 16.9. The molecule has 2 heterocycles. The highest BCUT2D eigenvalue weighted by Gasteiger charge is 2.31. The molecule has 1 aromatic heterocycles. The molecule has 1 saturated heterocycles. The SMILES string of the molecule is CCn1cc(S(=O)(=O)N2CCN(Cc3ccc(Cl)cc3Cl)CC2)c(C)n1. The largest absolute Gasteiger partial charge is 0.296 e. The first-order valence-electron chi connectivity index (χ1n) is 8.51. The first-order chi connectivity index (χ1) is 12.3. The predicted molar refractivity (Wildman–Crippen MR) is 103 cm³/mol. The van der Waals surface area contributed by atoms with Crippen LogP contribution in [-0.4, -0.2) is 53.6 Å². The molecular formula is C17H22Cl2N4O2S. The molecule has 0 atom stereocenters. The number of piperazine rings is 1. The van der Waals surface area contributed by atoms with Crippen LogP contribution in [0.4, 0.5) is 0 Å². The monoisotopic (exact) mass is 416 g/mol. The Labute approximate surface area is 164 Å². The molecule has 0 spiro atoms. The fourth-order valence-electron chi connectivity index (χ4n) is 3.07. The number of hydrogen-bond donors (Lipinski definition) is 0. The lowest BCUT2D eigenvalue weighted by molar-refractivity contribution is 0.181. The lowest BCUT2D eigenvalue weighted by Gasteiger charge is -2.34. The summed E-state index contributed by atoms with van der Waals surface area (Å²) in [6, 6.07) is 5.46. The number of aryl methyl sites for hydroxylation is 2. The lowest BCUT2D eigenvalue weighted by Crippen LogP contribution is -2.48. The van der Waals surface area contributed by atoms with Gasteiger partial charge in [-0.2, -0.15) is 9.40 Å². The maximum absolute atomic E-state index is 12.9. The van der Waals surface area contributed by atoms with Gasteiger partial charge < -0.3 is 0 Å². The van der Waals surface area contributed by atoms with Crippen LogP contribution in [0.3, 0.4) is 0 Å². The van der Waals surface area contributed by atoms with E-state index in [1.807, 2.05) is 19.1 Å². The molecule has 0 radical (unpaired) electrons. The molecule has 1 aromatic carbocycles. The van der Waals surface area contributed by atoms with Crippen LogP contribution in [0.1, 0.15) is 18.2 Å². The smallest absolute Gasteiger partial charge is 0.246 e. The van der Waals surface area contributed by atoms with E-state index in [0.717, 1.165) is 5.56 Å². The van der Waals surface area contributed by atoms with Gasteiger partial charge in [0.05, 0.1) is 5.69 Å². The van der Waals surface area contributed by atoms with Crippen molar-refractivity contribution in [2.45, 2.75) is 31.8 Å². The van der Waals surface area contributed by atoms with E-state index >= 15 is 0 Å². The minimum Gasteiger partial charge on any atom is -0.296 e. The highest BCUT2D eigenvalue weighted by Crippen LogP contribution is 2.24. The van der Waals surface area contributed by atoms with E-state index in [2.05, 4.69) is 10.00 Å². The van der Waals surface area contributed by atoms with Gasteiger partial charge in [0.1, 0.15) is 4.90 Å². The van der Waals surface area contributed by atoms with Crippen LogP contribution in [-0.2, 0) is 23.1 Å². The van der Waals surface area contributed by atoms with Gasteiger partial charge in [0, 0.05) is 55.5 Å². The third-order valence-electron chi connectivity index (χ3n) is 4.58. The number of sulfonamides is 1.